The van der Waals surface area contributed by atoms with Gasteiger partial charge in [-0.1, -0.05) is 6.92 Å². The summed E-state index contributed by atoms with van der Waals surface area (Å²) >= 11 is 0. The maximum atomic E-state index is 10.9. The van der Waals surface area contributed by atoms with Crippen LogP contribution >= 0.6 is 0 Å². The molecule has 0 aromatic heterocycles. The van der Waals surface area contributed by atoms with Crippen LogP contribution in [0, 0.1) is 0 Å². The van der Waals surface area contributed by atoms with E-state index in [1.807, 2.05) is 0 Å². The Labute approximate surface area is 97.4 Å². The minimum absolute atomic E-state index is 0.142. The molecule has 0 radical (unpaired) electrons. The zero-order valence-electron chi connectivity index (χ0n) is 10.1. The third kappa shape index (κ3) is 2.38. The summed E-state index contributed by atoms with van der Waals surface area (Å²) < 4.78 is 0. The minimum Gasteiger partial charge on any atom is -0.387 e. The van der Waals surface area contributed by atoms with E-state index in [0.717, 1.165) is 45.7 Å². The Bertz CT molecular complexity index is 194. The van der Waals surface area contributed by atoms with Crippen LogP contribution in [-0.4, -0.2) is 62.1 Å². The molecular weight excluding hydrogens is 204 g/mol. The molecule has 2 heterocycles. The Kier molecular flexibility index (Phi) is 4.16. The maximum Gasteiger partial charge on any atom is 0.0974 e. The summed E-state index contributed by atoms with van der Waals surface area (Å²) in [5, 5.41) is 24.4. The average Bonchev–Trinajstić information content (AvgIpc) is 2.40. The number of rotatable bonds is 3. The first-order valence-corrected chi connectivity index (χ1v) is 6.38. The second kappa shape index (κ2) is 5.42. The summed E-state index contributed by atoms with van der Waals surface area (Å²) in [6.45, 7) is 7.62. The van der Waals surface area contributed by atoms with Gasteiger partial charge in [0.1, 0.15) is 0 Å². The van der Waals surface area contributed by atoms with E-state index < -0.39 is 5.60 Å². The van der Waals surface area contributed by atoms with Crippen molar-refractivity contribution in [3.8, 4) is 0 Å². The van der Waals surface area contributed by atoms with E-state index in [2.05, 4.69) is 28.2 Å². The van der Waals surface area contributed by atoms with Crippen molar-refractivity contribution < 1.29 is 5.11 Å². The fraction of sp³-hybridized carbons (Fsp3) is 1.00. The van der Waals surface area contributed by atoms with Crippen LogP contribution in [0.4, 0.5) is 0 Å². The van der Waals surface area contributed by atoms with Crippen molar-refractivity contribution in [3.63, 3.8) is 0 Å². The predicted octanol–water partition coefficient (Wildman–Crippen LogP) is -1.75. The van der Waals surface area contributed by atoms with Crippen molar-refractivity contribution in [2.24, 2.45) is 0 Å². The fourth-order valence-corrected chi connectivity index (χ4v) is 2.75. The van der Waals surface area contributed by atoms with E-state index >= 15 is 0 Å². The Morgan fingerprint density at radius 1 is 1.00 bits per heavy atom. The summed E-state index contributed by atoms with van der Waals surface area (Å²) in [4.78, 5) is 0. The molecule has 2 rings (SSSR count). The van der Waals surface area contributed by atoms with E-state index in [-0.39, 0.29) is 12.1 Å². The van der Waals surface area contributed by atoms with Crippen LogP contribution in [0.2, 0.25) is 0 Å². The Morgan fingerprint density at radius 3 is 1.81 bits per heavy atom. The third-order valence-corrected chi connectivity index (χ3v) is 3.86. The normalized spacial score (nSPS) is 35.6. The third-order valence-electron chi connectivity index (χ3n) is 3.86. The molecule has 2 aliphatic heterocycles. The van der Waals surface area contributed by atoms with Gasteiger partial charge in [0.05, 0.1) is 5.60 Å². The number of hydrogen-bond acceptors (Lipinski definition) is 5. The lowest BCUT2D eigenvalue weighted by molar-refractivity contribution is -0.0421. The zero-order valence-corrected chi connectivity index (χ0v) is 10.1. The van der Waals surface area contributed by atoms with E-state index in [1.54, 1.807) is 0 Å². The molecule has 16 heavy (non-hydrogen) atoms. The van der Waals surface area contributed by atoms with E-state index in [9.17, 15) is 5.11 Å². The van der Waals surface area contributed by atoms with Crippen molar-refractivity contribution in [1.82, 2.24) is 21.3 Å². The van der Waals surface area contributed by atoms with Gasteiger partial charge in [0.25, 0.3) is 0 Å². The lowest BCUT2D eigenvalue weighted by Crippen LogP contribution is -2.70. The molecule has 0 saturated carbocycles. The molecule has 0 aliphatic carbocycles. The van der Waals surface area contributed by atoms with Crippen LogP contribution in [0.5, 0.6) is 0 Å². The molecule has 2 saturated heterocycles. The lowest BCUT2D eigenvalue weighted by atomic mass is 9.82. The minimum atomic E-state index is -0.666. The number of hydrogen-bond donors (Lipinski definition) is 5. The SMILES string of the molecule is CCC(O)(C1CNCCN1)C1CNCCN1. The zero-order chi connectivity index (χ0) is 11.4. The van der Waals surface area contributed by atoms with Gasteiger partial charge >= 0.3 is 0 Å². The second-order valence-corrected chi connectivity index (χ2v) is 4.77. The highest BCUT2D eigenvalue weighted by Crippen LogP contribution is 2.21. The molecule has 0 aromatic rings. The van der Waals surface area contributed by atoms with Gasteiger partial charge in [0.2, 0.25) is 0 Å². The van der Waals surface area contributed by atoms with Gasteiger partial charge < -0.3 is 26.4 Å². The summed E-state index contributed by atoms with van der Waals surface area (Å²) in [5.41, 5.74) is -0.666. The summed E-state index contributed by atoms with van der Waals surface area (Å²) in [5.74, 6) is 0. The van der Waals surface area contributed by atoms with Gasteiger partial charge in [-0.3, -0.25) is 0 Å². The Hall–Kier alpha value is -0.200. The molecule has 0 bridgehead atoms. The molecule has 5 N–H and O–H groups in total. The number of nitrogens with one attached hydrogen (secondary N) is 4. The van der Waals surface area contributed by atoms with Crippen molar-refractivity contribution >= 4 is 0 Å². The first-order valence-electron chi connectivity index (χ1n) is 6.38. The quantitative estimate of drug-likeness (QED) is 0.396. The van der Waals surface area contributed by atoms with Crippen LogP contribution in [-0.2, 0) is 0 Å². The molecule has 5 nitrogen and oxygen atoms in total. The van der Waals surface area contributed by atoms with E-state index in [0.29, 0.717) is 0 Å². The molecule has 5 heteroatoms. The number of aliphatic hydroxyl groups is 1. The topological polar surface area (TPSA) is 68.3 Å². The summed E-state index contributed by atoms with van der Waals surface area (Å²) in [7, 11) is 0. The maximum absolute atomic E-state index is 10.9. The van der Waals surface area contributed by atoms with Crippen LogP contribution in [0.15, 0.2) is 0 Å². The van der Waals surface area contributed by atoms with Crippen molar-refractivity contribution in [2.75, 3.05) is 39.3 Å². The van der Waals surface area contributed by atoms with Crippen molar-refractivity contribution in [1.29, 1.82) is 0 Å². The highest BCUT2D eigenvalue weighted by molar-refractivity contribution is 5.03. The van der Waals surface area contributed by atoms with Gasteiger partial charge in [0, 0.05) is 51.4 Å². The molecule has 0 spiro atoms. The number of piperazine rings is 2. The van der Waals surface area contributed by atoms with Crippen molar-refractivity contribution in [2.45, 2.75) is 31.0 Å². The molecule has 2 unspecified atom stereocenters. The largest absolute Gasteiger partial charge is 0.387 e. The smallest absolute Gasteiger partial charge is 0.0974 e. The van der Waals surface area contributed by atoms with Crippen molar-refractivity contribution in [3.05, 3.63) is 0 Å². The van der Waals surface area contributed by atoms with Gasteiger partial charge in [0.15, 0.2) is 0 Å². The molecule has 2 aliphatic rings. The molecule has 0 amide bonds. The van der Waals surface area contributed by atoms with Gasteiger partial charge in [-0.25, -0.2) is 0 Å². The predicted molar refractivity (Wildman–Crippen MR) is 64.6 cm³/mol. The Balaban J connectivity index is 2.03. The van der Waals surface area contributed by atoms with Crippen LogP contribution in [0.25, 0.3) is 0 Å². The standard InChI is InChI=1S/C11H24N4O/c1-2-11(16,9-7-12-3-5-14-9)10-8-13-4-6-15-10/h9-10,12-16H,2-8H2,1H3. The summed E-state index contributed by atoms with van der Waals surface area (Å²) in [6, 6.07) is 0.285. The van der Waals surface area contributed by atoms with Gasteiger partial charge in [-0.05, 0) is 6.42 Å². The van der Waals surface area contributed by atoms with E-state index in [1.165, 1.54) is 0 Å². The fourth-order valence-electron chi connectivity index (χ4n) is 2.75. The summed E-state index contributed by atoms with van der Waals surface area (Å²) in [6.07, 6.45) is 0.770. The molecule has 0 aromatic carbocycles. The monoisotopic (exact) mass is 228 g/mol. The van der Waals surface area contributed by atoms with Gasteiger partial charge in [-0.2, -0.15) is 0 Å². The first kappa shape index (κ1) is 12.3. The van der Waals surface area contributed by atoms with Crippen LogP contribution in [0.1, 0.15) is 13.3 Å². The highest BCUT2D eigenvalue weighted by atomic mass is 16.3. The molecule has 94 valence electrons. The van der Waals surface area contributed by atoms with E-state index in [4.69, 9.17) is 0 Å². The van der Waals surface area contributed by atoms with Crippen LogP contribution < -0.4 is 21.3 Å². The van der Waals surface area contributed by atoms with Crippen LogP contribution in [0.3, 0.4) is 0 Å². The molecule has 2 atom stereocenters. The Morgan fingerprint density at radius 2 is 1.50 bits per heavy atom. The first-order chi connectivity index (χ1) is 7.77. The molecule has 2 fully saturated rings. The lowest BCUT2D eigenvalue weighted by Gasteiger charge is -2.45. The average molecular weight is 228 g/mol. The highest BCUT2D eigenvalue weighted by Gasteiger charge is 2.43. The van der Waals surface area contributed by atoms with Gasteiger partial charge in [-0.15, -0.1) is 0 Å². The molecular formula is C11H24N4O. The second-order valence-electron chi connectivity index (χ2n) is 4.77.